The average Bonchev–Trinajstić information content (AvgIpc) is 2.12. The van der Waals surface area contributed by atoms with E-state index < -0.39 is 11.9 Å². The minimum Gasteiger partial charge on any atom is -0.459 e. The Morgan fingerprint density at radius 2 is 2.29 bits per heavy atom. The van der Waals surface area contributed by atoms with Gasteiger partial charge in [-0.25, -0.2) is 9.78 Å². The van der Waals surface area contributed by atoms with Crippen molar-refractivity contribution in [1.29, 1.82) is 0 Å². The van der Waals surface area contributed by atoms with E-state index in [0.717, 1.165) is 25.3 Å². The van der Waals surface area contributed by atoms with Crippen LogP contribution in [0.2, 0.25) is 0 Å². The first-order valence-corrected chi connectivity index (χ1v) is 4.58. The number of hydrogen-bond acceptors (Lipinski definition) is 3. The maximum atomic E-state index is 12.4. The van der Waals surface area contributed by atoms with Crippen LogP contribution in [-0.2, 0) is 4.74 Å². The van der Waals surface area contributed by atoms with Crippen molar-refractivity contribution >= 4 is 5.97 Å². The highest BCUT2D eigenvalue weighted by Gasteiger charge is 2.22. The lowest BCUT2D eigenvalue weighted by Gasteiger charge is -2.24. The van der Waals surface area contributed by atoms with Gasteiger partial charge in [-0.1, -0.05) is 0 Å². The van der Waals surface area contributed by atoms with Crippen LogP contribution in [0.1, 0.15) is 29.6 Å². The maximum Gasteiger partial charge on any atom is 0.339 e. The summed E-state index contributed by atoms with van der Waals surface area (Å²) in [5.74, 6) is -1.01. The number of carbonyl (C=O) groups excluding carboxylic acids is 1. The summed E-state index contributed by atoms with van der Waals surface area (Å²) in [7, 11) is 0. The fraction of sp³-hybridized carbons (Fsp3) is 0.400. The second kappa shape index (κ2) is 3.74. The van der Waals surface area contributed by atoms with E-state index in [1.807, 2.05) is 0 Å². The van der Waals surface area contributed by atoms with Gasteiger partial charge in [-0.2, -0.15) is 4.39 Å². The third-order valence-electron chi connectivity index (χ3n) is 2.29. The number of nitrogens with zero attached hydrogens (tertiary/aromatic N) is 1. The first-order chi connectivity index (χ1) is 6.75. The van der Waals surface area contributed by atoms with Gasteiger partial charge in [-0.05, 0) is 31.4 Å². The van der Waals surface area contributed by atoms with E-state index in [2.05, 4.69) is 4.98 Å². The molecule has 4 heteroatoms. The van der Waals surface area contributed by atoms with Crippen molar-refractivity contribution < 1.29 is 13.9 Å². The van der Waals surface area contributed by atoms with Gasteiger partial charge in [-0.3, -0.25) is 0 Å². The largest absolute Gasteiger partial charge is 0.459 e. The van der Waals surface area contributed by atoms with Crippen LogP contribution in [0.5, 0.6) is 0 Å². The summed E-state index contributed by atoms with van der Waals surface area (Å²) in [5, 5.41) is 0. The molecule has 2 rings (SSSR count). The zero-order valence-corrected chi connectivity index (χ0v) is 7.57. The van der Waals surface area contributed by atoms with Gasteiger partial charge in [0.15, 0.2) is 0 Å². The van der Waals surface area contributed by atoms with Gasteiger partial charge in [0.25, 0.3) is 0 Å². The molecule has 14 heavy (non-hydrogen) atoms. The Balaban J connectivity index is 1.99. The quantitative estimate of drug-likeness (QED) is 0.534. The Morgan fingerprint density at radius 3 is 2.79 bits per heavy atom. The minimum absolute atomic E-state index is 0.0487. The number of ether oxygens (including phenoxy) is 1. The monoisotopic (exact) mass is 195 g/mol. The third kappa shape index (κ3) is 1.89. The maximum absolute atomic E-state index is 12.4. The van der Waals surface area contributed by atoms with Gasteiger partial charge in [0, 0.05) is 6.20 Å². The Hall–Kier alpha value is -1.45. The number of hydrogen-bond donors (Lipinski definition) is 0. The molecule has 0 spiro atoms. The molecule has 1 aromatic rings. The molecule has 0 aromatic carbocycles. The molecule has 1 aliphatic carbocycles. The standard InChI is InChI=1S/C10H10FNO2/c11-9-5-4-7(6-12-9)10(13)14-8-2-1-3-8/h4-6,8H,1-3H2. The van der Waals surface area contributed by atoms with Gasteiger partial charge in [0.2, 0.25) is 5.95 Å². The van der Waals surface area contributed by atoms with Crippen LogP contribution in [0, 0.1) is 5.95 Å². The molecule has 74 valence electrons. The number of carbonyl (C=O) groups is 1. The lowest BCUT2D eigenvalue weighted by molar-refractivity contribution is 0.00895. The minimum atomic E-state index is -0.592. The summed E-state index contributed by atoms with van der Waals surface area (Å²) < 4.78 is 17.5. The normalized spacial score (nSPS) is 16.1. The molecule has 0 radical (unpaired) electrons. The summed E-state index contributed by atoms with van der Waals surface area (Å²) in [6.45, 7) is 0. The fourth-order valence-electron chi connectivity index (χ4n) is 1.20. The van der Waals surface area contributed by atoms with Crippen LogP contribution < -0.4 is 0 Å². The van der Waals surface area contributed by atoms with Crippen molar-refractivity contribution in [3.8, 4) is 0 Å². The Bertz CT molecular complexity index is 332. The molecule has 1 aromatic heterocycles. The second-order valence-corrected chi connectivity index (χ2v) is 3.33. The molecular formula is C10H10FNO2. The van der Waals surface area contributed by atoms with Crippen molar-refractivity contribution in [2.24, 2.45) is 0 Å². The number of aromatic nitrogens is 1. The van der Waals surface area contributed by atoms with E-state index >= 15 is 0 Å². The number of halogens is 1. The third-order valence-corrected chi connectivity index (χ3v) is 2.29. The van der Waals surface area contributed by atoms with Crippen LogP contribution in [0.3, 0.4) is 0 Å². The van der Waals surface area contributed by atoms with Crippen LogP contribution in [-0.4, -0.2) is 17.1 Å². The van der Waals surface area contributed by atoms with Crippen LogP contribution in [0.15, 0.2) is 18.3 Å². The van der Waals surface area contributed by atoms with E-state index in [0.29, 0.717) is 5.56 Å². The van der Waals surface area contributed by atoms with Crippen molar-refractivity contribution in [3.05, 3.63) is 29.8 Å². The average molecular weight is 195 g/mol. The zero-order valence-electron chi connectivity index (χ0n) is 7.57. The molecular weight excluding hydrogens is 185 g/mol. The summed E-state index contributed by atoms with van der Waals surface area (Å²) in [6.07, 6.45) is 4.21. The SMILES string of the molecule is O=C(OC1CCC1)c1ccc(F)nc1. The van der Waals surface area contributed by atoms with Gasteiger partial charge < -0.3 is 4.74 Å². The lowest BCUT2D eigenvalue weighted by atomic mass is 9.96. The van der Waals surface area contributed by atoms with Crippen molar-refractivity contribution in [2.45, 2.75) is 25.4 Å². The van der Waals surface area contributed by atoms with Gasteiger partial charge in [-0.15, -0.1) is 0 Å². The number of rotatable bonds is 2. The van der Waals surface area contributed by atoms with Crippen LogP contribution in [0.25, 0.3) is 0 Å². The Labute approximate surface area is 80.9 Å². The highest BCUT2D eigenvalue weighted by atomic mass is 19.1. The van der Waals surface area contributed by atoms with Crippen LogP contribution in [0.4, 0.5) is 4.39 Å². The molecule has 3 nitrogen and oxygen atoms in total. The topological polar surface area (TPSA) is 39.2 Å². The summed E-state index contributed by atoms with van der Waals surface area (Å²) in [6, 6.07) is 2.53. The first kappa shape index (κ1) is 9.12. The van der Waals surface area contributed by atoms with Crippen LogP contribution >= 0.6 is 0 Å². The molecule has 1 aliphatic rings. The molecule has 1 saturated carbocycles. The molecule has 0 bridgehead atoms. The van der Waals surface area contributed by atoms with Crippen molar-refractivity contribution in [3.63, 3.8) is 0 Å². The number of esters is 1. The highest BCUT2D eigenvalue weighted by molar-refractivity contribution is 5.89. The lowest BCUT2D eigenvalue weighted by Crippen LogP contribution is -2.25. The highest BCUT2D eigenvalue weighted by Crippen LogP contribution is 2.22. The van der Waals surface area contributed by atoms with E-state index in [-0.39, 0.29) is 6.10 Å². The molecule has 0 amide bonds. The molecule has 1 heterocycles. The fourth-order valence-corrected chi connectivity index (χ4v) is 1.20. The molecule has 0 atom stereocenters. The summed E-state index contributed by atoms with van der Waals surface area (Å²) in [5.41, 5.74) is 0.304. The molecule has 0 saturated heterocycles. The van der Waals surface area contributed by atoms with Crippen molar-refractivity contribution in [2.75, 3.05) is 0 Å². The van der Waals surface area contributed by atoms with Crippen molar-refractivity contribution in [1.82, 2.24) is 4.98 Å². The summed E-state index contributed by atoms with van der Waals surface area (Å²) >= 11 is 0. The van der Waals surface area contributed by atoms with E-state index in [1.165, 1.54) is 12.3 Å². The molecule has 1 fully saturated rings. The predicted octanol–water partition coefficient (Wildman–Crippen LogP) is 1.93. The zero-order chi connectivity index (χ0) is 9.97. The predicted molar refractivity (Wildman–Crippen MR) is 47.2 cm³/mol. The Kier molecular flexibility index (Phi) is 2.43. The van der Waals surface area contributed by atoms with Gasteiger partial charge in [0.05, 0.1) is 5.56 Å². The van der Waals surface area contributed by atoms with E-state index in [9.17, 15) is 9.18 Å². The van der Waals surface area contributed by atoms with Gasteiger partial charge >= 0.3 is 5.97 Å². The number of pyridine rings is 1. The second-order valence-electron chi connectivity index (χ2n) is 3.33. The first-order valence-electron chi connectivity index (χ1n) is 4.58. The van der Waals surface area contributed by atoms with E-state index in [4.69, 9.17) is 4.74 Å². The molecule has 0 unspecified atom stereocenters. The Morgan fingerprint density at radius 1 is 1.50 bits per heavy atom. The molecule has 0 aliphatic heterocycles. The molecule has 0 N–H and O–H groups in total. The van der Waals surface area contributed by atoms with E-state index in [1.54, 1.807) is 0 Å². The smallest absolute Gasteiger partial charge is 0.339 e. The summed E-state index contributed by atoms with van der Waals surface area (Å²) in [4.78, 5) is 14.8. The van der Waals surface area contributed by atoms with Gasteiger partial charge in [0.1, 0.15) is 6.10 Å².